The van der Waals surface area contributed by atoms with Gasteiger partial charge in [0, 0.05) is 23.7 Å². The van der Waals surface area contributed by atoms with E-state index in [0.29, 0.717) is 22.3 Å². The van der Waals surface area contributed by atoms with Crippen molar-refractivity contribution in [3.63, 3.8) is 0 Å². The van der Waals surface area contributed by atoms with E-state index in [1.54, 1.807) is 12.3 Å². The van der Waals surface area contributed by atoms with Crippen molar-refractivity contribution < 1.29 is 4.79 Å². The van der Waals surface area contributed by atoms with Gasteiger partial charge in [0.05, 0.1) is 28.0 Å². The Hall–Kier alpha value is -3.61. The smallest absolute Gasteiger partial charge is 0.250 e. The van der Waals surface area contributed by atoms with Crippen LogP contribution in [0.25, 0.3) is 33.7 Å². The molecular weight excluding hydrogens is 316 g/mol. The Balaban J connectivity index is 1.85. The Morgan fingerprint density at radius 1 is 1.08 bits per heavy atom. The second-order valence-corrected chi connectivity index (χ2v) is 5.63. The van der Waals surface area contributed by atoms with Crippen LogP contribution in [0.3, 0.4) is 0 Å². The number of aryl methyl sites for hydroxylation is 1. The number of fused-ring (bicyclic) bond motifs is 1. The molecular formula is C18H14N6O. The second kappa shape index (κ2) is 5.79. The fourth-order valence-corrected chi connectivity index (χ4v) is 2.65. The van der Waals surface area contributed by atoms with E-state index in [1.807, 2.05) is 37.3 Å². The highest BCUT2D eigenvalue weighted by molar-refractivity contribution is 5.95. The number of amides is 1. The number of carbonyl (C=O) groups is 1. The number of nitrogens with one attached hydrogen (secondary N) is 1. The summed E-state index contributed by atoms with van der Waals surface area (Å²) in [7, 11) is 0. The van der Waals surface area contributed by atoms with Crippen molar-refractivity contribution in [3.8, 4) is 22.6 Å². The Morgan fingerprint density at radius 2 is 1.96 bits per heavy atom. The van der Waals surface area contributed by atoms with E-state index < -0.39 is 5.91 Å². The van der Waals surface area contributed by atoms with E-state index in [1.165, 1.54) is 6.20 Å². The zero-order valence-corrected chi connectivity index (χ0v) is 13.4. The summed E-state index contributed by atoms with van der Waals surface area (Å²) >= 11 is 0. The van der Waals surface area contributed by atoms with Gasteiger partial charge >= 0.3 is 0 Å². The van der Waals surface area contributed by atoms with Gasteiger partial charge in [0.2, 0.25) is 5.91 Å². The molecule has 0 saturated heterocycles. The normalized spacial score (nSPS) is 10.9. The fraction of sp³-hybridized carbons (Fsp3) is 0.0556. The summed E-state index contributed by atoms with van der Waals surface area (Å²) in [6.07, 6.45) is 3.23. The van der Waals surface area contributed by atoms with Crippen molar-refractivity contribution in [2.24, 2.45) is 5.73 Å². The maximum atomic E-state index is 11.4. The minimum absolute atomic E-state index is 0.324. The first-order chi connectivity index (χ1) is 12.1. The van der Waals surface area contributed by atoms with Crippen molar-refractivity contribution in [3.05, 3.63) is 60.0 Å². The molecule has 122 valence electrons. The van der Waals surface area contributed by atoms with Gasteiger partial charge in [-0.15, -0.1) is 0 Å². The number of pyridine rings is 3. The van der Waals surface area contributed by atoms with Crippen molar-refractivity contribution in [2.75, 3.05) is 0 Å². The number of nitrogens with two attached hydrogens (primary N) is 1. The molecule has 7 heteroatoms. The first kappa shape index (κ1) is 14.9. The van der Waals surface area contributed by atoms with Crippen LogP contribution < -0.4 is 5.73 Å². The van der Waals surface area contributed by atoms with E-state index >= 15 is 0 Å². The highest BCUT2D eigenvalue weighted by atomic mass is 16.1. The molecule has 0 saturated carbocycles. The predicted molar refractivity (Wildman–Crippen MR) is 93.6 cm³/mol. The van der Waals surface area contributed by atoms with Crippen LogP contribution in [0.2, 0.25) is 0 Å². The highest BCUT2D eigenvalue weighted by Gasteiger charge is 2.14. The molecule has 25 heavy (non-hydrogen) atoms. The molecule has 0 spiro atoms. The molecule has 7 nitrogen and oxygen atoms in total. The van der Waals surface area contributed by atoms with Gasteiger partial charge in [0.15, 0.2) is 0 Å². The molecule has 1 amide bonds. The van der Waals surface area contributed by atoms with Crippen LogP contribution in [0.1, 0.15) is 16.1 Å². The molecule has 4 aromatic rings. The molecule has 4 aromatic heterocycles. The minimum atomic E-state index is -0.533. The van der Waals surface area contributed by atoms with Crippen LogP contribution in [0, 0.1) is 6.92 Å². The molecule has 0 aliphatic heterocycles. The monoisotopic (exact) mass is 330 g/mol. The van der Waals surface area contributed by atoms with Crippen LogP contribution in [-0.4, -0.2) is 31.1 Å². The molecule has 4 rings (SSSR count). The van der Waals surface area contributed by atoms with E-state index in [2.05, 4.69) is 25.1 Å². The number of rotatable bonds is 3. The standard InChI is InChI=1S/C18H14N6O/c1-10-3-2-4-15(22-10)17-12(9-21-24-17)13-5-6-14-16(23-13)7-11(8-20-14)18(19)25/h2-9H,1H3,(H2,19,25)(H,21,24). The van der Waals surface area contributed by atoms with Gasteiger partial charge in [-0.05, 0) is 37.3 Å². The van der Waals surface area contributed by atoms with E-state index in [-0.39, 0.29) is 0 Å². The predicted octanol–water partition coefficient (Wildman–Crippen LogP) is 2.49. The van der Waals surface area contributed by atoms with Crippen LogP contribution >= 0.6 is 0 Å². The van der Waals surface area contributed by atoms with Crippen LogP contribution in [0.15, 0.2) is 48.8 Å². The van der Waals surface area contributed by atoms with Gasteiger partial charge < -0.3 is 5.73 Å². The van der Waals surface area contributed by atoms with Crippen LogP contribution in [0.4, 0.5) is 0 Å². The van der Waals surface area contributed by atoms with Crippen LogP contribution in [0.5, 0.6) is 0 Å². The number of carbonyl (C=O) groups excluding carboxylic acids is 1. The fourth-order valence-electron chi connectivity index (χ4n) is 2.65. The summed E-state index contributed by atoms with van der Waals surface area (Å²) < 4.78 is 0. The Labute approximate surface area is 143 Å². The second-order valence-electron chi connectivity index (χ2n) is 5.63. The van der Waals surface area contributed by atoms with Crippen molar-refractivity contribution in [1.29, 1.82) is 0 Å². The number of primary amides is 1. The van der Waals surface area contributed by atoms with Gasteiger partial charge in [-0.1, -0.05) is 6.07 Å². The lowest BCUT2D eigenvalue weighted by Crippen LogP contribution is -2.11. The summed E-state index contributed by atoms with van der Waals surface area (Å²) in [5.74, 6) is -0.533. The zero-order chi connectivity index (χ0) is 17.4. The summed E-state index contributed by atoms with van der Waals surface area (Å²) in [6.45, 7) is 1.93. The maximum Gasteiger partial charge on any atom is 0.250 e. The third kappa shape index (κ3) is 2.72. The van der Waals surface area contributed by atoms with Crippen molar-refractivity contribution in [2.45, 2.75) is 6.92 Å². The first-order valence-electron chi connectivity index (χ1n) is 7.66. The lowest BCUT2D eigenvalue weighted by molar-refractivity contribution is 0.1000. The Bertz CT molecular complexity index is 1100. The molecule has 4 heterocycles. The summed E-state index contributed by atoms with van der Waals surface area (Å²) in [5.41, 5.74) is 10.9. The molecule has 0 aliphatic rings. The summed E-state index contributed by atoms with van der Waals surface area (Å²) in [5, 5.41) is 7.19. The third-order valence-corrected chi connectivity index (χ3v) is 3.87. The maximum absolute atomic E-state index is 11.4. The zero-order valence-electron chi connectivity index (χ0n) is 13.4. The molecule has 0 atom stereocenters. The lowest BCUT2D eigenvalue weighted by Gasteiger charge is -2.05. The minimum Gasteiger partial charge on any atom is -0.366 e. The first-order valence-corrected chi connectivity index (χ1v) is 7.66. The van der Waals surface area contributed by atoms with E-state index in [4.69, 9.17) is 5.73 Å². The summed E-state index contributed by atoms with van der Waals surface area (Å²) in [6, 6.07) is 11.1. The average molecular weight is 330 g/mol. The largest absolute Gasteiger partial charge is 0.366 e. The number of H-pyrrole nitrogens is 1. The van der Waals surface area contributed by atoms with E-state index in [0.717, 1.165) is 22.6 Å². The van der Waals surface area contributed by atoms with Crippen molar-refractivity contribution in [1.82, 2.24) is 25.1 Å². The molecule has 0 bridgehead atoms. The lowest BCUT2D eigenvalue weighted by atomic mass is 10.1. The quantitative estimate of drug-likeness (QED) is 0.599. The molecule has 3 N–H and O–H groups in total. The number of aromatic amines is 1. The topological polar surface area (TPSA) is 110 Å². The molecule has 0 unspecified atom stereocenters. The molecule has 0 aromatic carbocycles. The van der Waals surface area contributed by atoms with E-state index in [9.17, 15) is 4.79 Å². The van der Waals surface area contributed by atoms with Gasteiger partial charge in [-0.25, -0.2) is 4.98 Å². The Morgan fingerprint density at radius 3 is 2.76 bits per heavy atom. The number of hydrogen-bond acceptors (Lipinski definition) is 5. The van der Waals surface area contributed by atoms with Crippen molar-refractivity contribution >= 4 is 16.9 Å². The van der Waals surface area contributed by atoms with Crippen LogP contribution in [-0.2, 0) is 0 Å². The molecule has 0 fully saturated rings. The third-order valence-electron chi connectivity index (χ3n) is 3.87. The number of nitrogens with zero attached hydrogens (tertiary/aromatic N) is 4. The van der Waals surface area contributed by atoms with Gasteiger partial charge in [0.25, 0.3) is 0 Å². The molecule has 0 aliphatic carbocycles. The van der Waals surface area contributed by atoms with Gasteiger partial charge in [-0.2, -0.15) is 5.10 Å². The van der Waals surface area contributed by atoms with Gasteiger partial charge in [-0.3, -0.25) is 19.9 Å². The van der Waals surface area contributed by atoms with Gasteiger partial charge in [0.1, 0.15) is 5.69 Å². The SMILES string of the molecule is Cc1cccc(-c2n[nH]cc2-c2ccc3ncc(C(N)=O)cc3n2)n1. The summed E-state index contributed by atoms with van der Waals surface area (Å²) in [4.78, 5) is 24.7. The Kier molecular flexibility index (Phi) is 3.46. The highest BCUT2D eigenvalue weighted by Crippen LogP contribution is 2.29. The average Bonchev–Trinajstić information content (AvgIpc) is 3.10. The number of hydrogen-bond donors (Lipinski definition) is 2. The number of aromatic nitrogens is 5. The molecule has 0 radical (unpaired) electrons.